The van der Waals surface area contributed by atoms with Crippen molar-refractivity contribution < 1.29 is 61.9 Å². The number of rotatable bonds is 29. The van der Waals surface area contributed by atoms with Crippen molar-refractivity contribution in [1.29, 1.82) is 0 Å². The van der Waals surface area contributed by atoms with Crippen LogP contribution in [0, 0.1) is 23.7 Å². The molecule has 69 heavy (non-hydrogen) atoms. The number of carbonyl (C=O) groups excluding carboxylic acids is 5. The van der Waals surface area contributed by atoms with E-state index in [4.69, 9.17) is 37.9 Å². The Morgan fingerprint density at radius 3 is 1.46 bits per heavy atom. The van der Waals surface area contributed by atoms with Gasteiger partial charge in [0.1, 0.15) is 40.8 Å². The fourth-order valence-electron chi connectivity index (χ4n) is 7.75. The Bertz CT molecular complexity index is 1930. The van der Waals surface area contributed by atoms with Crippen molar-refractivity contribution in [2.24, 2.45) is 23.7 Å². The molecule has 13 nitrogen and oxygen atoms in total. The van der Waals surface area contributed by atoms with Crippen LogP contribution < -0.4 is 28.4 Å². The Morgan fingerprint density at radius 2 is 0.986 bits per heavy atom. The smallest absolute Gasteiger partial charge is 0.330 e. The molecule has 3 aromatic carbocycles. The van der Waals surface area contributed by atoms with Crippen LogP contribution in [0.3, 0.4) is 0 Å². The van der Waals surface area contributed by atoms with Crippen LogP contribution in [0.2, 0.25) is 0 Å². The van der Waals surface area contributed by atoms with Gasteiger partial charge in [-0.25, -0.2) is 9.59 Å². The summed E-state index contributed by atoms with van der Waals surface area (Å²) in [5.41, 5.74) is 0.460. The summed E-state index contributed by atoms with van der Waals surface area (Å²) in [4.78, 5) is 57.4. The first-order chi connectivity index (χ1) is 33.7. The number of hydrogen-bond acceptors (Lipinski definition) is 13. The molecule has 0 atom stereocenters. The maximum absolute atomic E-state index is 12.8. The Morgan fingerprint density at radius 1 is 0.536 bits per heavy atom. The van der Waals surface area contributed by atoms with E-state index in [0.717, 1.165) is 133 Å². The standard InChI is InChI=1S/C38H48O9.C16H22O4.C2H6/c1-2-37(41)44-22-6-4-3-5-21-43-33-15-17-34(18-16-33)47-38(42)31-13-11-30(12-14-31)27-46-36-20-19-35(23-32(36)25-40)45-26-29-9-7-28(24-39)8-10-29;1-3-16(17)20-13-7-5-4-6-12-19-15-10-8-14(18-2)9-11-15;1-2/h2,15-20,23-25,28-31H,1,3-14,21-22,26-27H2;3,8-11H,1,4-7,12-13H2,2H3;1-2H3. The van der Waals surface area contributed by atoms with Gasteiger partial charge in [0.05, 0.1) is 58.2 Å². The second kappa shape index (κ2) is 35.1. The van der Waals surface area contributed by atoms with Gasteiger partial charge in [-0.05, 0) is 181 Å². The van der Waals surface area contributed by atoms with E-state index in [-0.39, 0.29) is 29.7 Å². The summed E-state index contributed by atoms with van der Waals surface area (Å²) in [5, 5.41) is 0. The van der Waals surface area contributed by atoms with E-state index in [1.54, 1.807) is 43.5 Å². The Balaban J connectivity index is 0.000000479. The summed E-state index contributed by atoms with van der Waals surface area (Å²) >= 11 is 0. The summed E-state index contributed by atoms with van der Waals surface area (Å²) in [6, 6.07) is 20.0. The molecule has 0 aliphatic heterocycles. The second-order valence-electron chi connectivity index (χ2n) is 16.9. The highest BCUT2D eigenvalue weighted by Gasteiger charge is 2.28. The molecule has 2 aliphatic carbocycles. The van der Waals surface area contributed by atoms with Crippen LogP contribution >= 0.6 is 0 Å². The third kappa shape index (κ3) is 23.6. The van der Waals surface area contributed by atoms with E-state index < -0.39 is 0 Å². The third-order valence-corrected chi connectivity index (χ3v) is 11.9. The van der Waals surface area contributed by atoms with Gasteiger partial charge in [-0.3, -0.25) is 9.59 Å². The van der Waals surface area contributed by atoms with E-state index in [1.165, 1.54) is 12.2 Å². The molecule has 0 amide bonds. The molecule has 0 heterocycles. The lowest BCUT2D eigenvalue weighted by atomic mass is 9.82. The van der Waals surface area contributed by atoms with Gasteiger partial charge in [-0.2, -0.15) is 0 Å². The van der Waals surface area contributed by atoms with E-state index in [2.05, 4.69) is 13.2 Å². The largest absolute Gasteiger partial charge is 0.497 e. The molecule has 0 aromatic heterocycles. The number of benzene rings is 3. The first kappa shape index (κ1) is 57.2. The Hall–Kier alpha value is -6.11. The zero-order chi connectivity index (χ0) is 49.9. The van der Waals surface area contributed by atoms with Crippen LogP contribution in [-0.4, -0.2) is 77.2 Å². The van der Waals surface area contributed by atoms with Crippen LogP contribution in [-0.2, 0) is 28.7 Å². The predicted octanol–water partition coefficient (Wildman–Crippen LogP) is 11.7. The maximum atomic E-state index is 12.8. The first-order valence-electron chi connectivity index (χ1n) is 24.8. The van der Waals surface area contributed by atoms with Gasteiger partial charge in [-0.15, -0.1) is 0 Å². The molecule has 5 rings (SSSR count). The van der Waals surface area contributed by atoms with Crippen molar-refractivity contribution in [3.63, 3.8) is 0 Å². The molecule has 2 fully saturated rings. The van der Waals surface area contributed by atoms with Crippen molar-refractivity contribution in [1.82, 2.24) is 0 Å². The topological polar surface area (TPSA) is 159 Å². The number of carbonyl (C=O) groups is 5. The van der Waals surface area contributed by atoms with E-state index in [1.807, 2.05) is 44.2 Å². The molecule has 378 valence electrons. The number of ether oxygens (including phenoxy) is 8. The number of methoxy groups -OCH3 is 1. The van der Waals surface area contributed by atoms with Crippen molar-refractivity contribution >= 4 is 30.5 Å². The number of hydrogen-bond donors (Lipinski definition) is 0. The summed E-state index contributed by atoms with van der Waals surface area (Å²) < 4.78 is 44.0. The molecule has 0 unspecified atom stereocenters. The number of aldehydes is 2. The van der Waals surface area contributed by atoms with E-state index in [0.29, 0.717) is 74.3 Å². The van der Waals surface area contributed by atoms with Gasteiger partial charge in [-0.1, -0.05) is 27.0 Å². The van der Waals surface area contributed by atoms with Crippen LogP contribution in [0.15, 0.2) is 92.0 Å². The van der Waals surface area contributed by atoms with Gasteiger partial charge in [0.25, 0.3) is 0 Å². The molecule has 0 radical (unpaired) electrons. The van der Waals surface area contributed by atoms with Gasteiger partial charge in [0.15, 0.2) is 6.29 Å². The minimum absolute atomic E-state index is 0.155. The number of unbranched alkanes of at least 4 members (excludes halogenated alkanes) is 6. The Kier molecular flexibility index (Phi) is 29.1. The minimum Gasteiger partial charge on any atom is -0.497 e. The summed E-state index contributed by atoms with van der Waals surface area (Å²) in [7, 11) is 1.64. The van der Waals surface area contributed by atoms with Gasteiger partial charge in [0.2, 0.25) is 0 Å². The molecule has 0 spiro atoms. The molecule has 0 N–H and O–H groups in total. The summed E-state index contributed by atoms with van der Waals surface area (Å²) in [6.45, 7) is 13.9. The van der Waals surface area contributed by atoms with Crippen molar-refractivity contribution in [2.45, 2.75) is 117 Å². The van der Waals surface area contributed by atoms with Gasteiger partial charge < -0.3 is 42.7 Å². The SMILES string of the molecule is C=CC(=O)OCCCCCCOc1ccc(OC(=O)C2CCC(COc3ccc(OCC4CCC(C=O)CC4)cc3C=O)CC2)cc1.C=CC(=O)OCCCCCCOc1ccc(OC)cc1.CC. The lowest BCUT2D eigenvalue weighted by Crippen LogP contribution is -2.27. The van der Waals surface area contributed by atoms with Crippen molar-refractivity contribution in [3.8, 4) is 34.5 Å². The first-order valence-corrected chi connectivity index (χ1v) is 24.8. The van der Waals surface area contributed by atoms with Crippen LogP contribution in [0.5, 0.6) is 34.5 Å². The maximum Gasteiger partial charge on any atom is 0.330 e. The second-order valence-corrected chi connectivity index (χ2v) is 16.9. The Labute approximate surface area is 410 Å². The predicted molar refractivity (Wildman–Crippen MR) is 266 cm³/mol. The fourth-order valence-corrected chi connectivity index (χ4v) is 7.75. The molecular weight excluding hydrogens is 881 g/mol. The lowest BCUT2D eigenvalue weighted by Gasteiger charge is -2.27. The van der Waals surface area contributed by atoms with E-state index >= 15 is 0 Å². The third-order valence-electron chi connectivity index (χ3n) is 11.9. The molecule has 2 saturated carbocycles. The van der Waals surface area contributed by atoms with Crippen LogP contribution in [0.1, 0.15) is 127 Å². The van der Waals surface area contributed by atoms with Crippen molar-refractivity contribution in [3.05, 3.63) is 97.6 Å². The van der Waals surface area contributed by atoms with Crippen LogP contribution in [0.4, 0.5) is 0 Å². The molecule has 3 aromatic rings. The summed E-state index contributed by atoms with van der Waals surface area (Å²) in [5.74, 6) is 3.87. The monoisotopic (exact) mass is 957 g/mol. The average Bonchev–Trinajstić information content (AvgIpc) is 3.40. The van der Waals surface area contributed by atoms with Crippen molar-refractivity contribution in [2.75, 3.05) is 46.8 Å². The normalized spacial score (nSPS) is 17.1. The zero-order valence-corrected chi connectivity index (χ0v) is 41.2. The van der Waals surface area contributed by atoms with Gasteiger partial charge >= 0.3 is 17.9 Å². The molecule has 0 bridgehead atoms. The quantitative estimate of drug-likeness (QED) is 0.0213. The molecule has 0 saturated heterocycles. The molecular formula is C56H76O13. The molecule has 13 heteroatoms. The molecule has 2 aliphatic rings. The average molecular weight is 957 g/mol. The zero-order valence-electron chi connectivity index (χ0n) is 41.2. The highest BCUT2D eigenvalue weighted by Crippen LogP contribution is 2.33. The fraction of sp³-hybridized carbons (Fsp3) is 0.518. The lowest BCUT2D eigenvalue weighted by molar-refractivity contribution is -0.140. The highest BCUT2D eigenvalue weighted by molar-refractivity contribution is 5.81. The number of esters is 3. The van der Waals surface area contributed by atoms with Crippen LogP contribution in [0.25, 0.3) is 0 Å². The van der Waals surface area contributed by atoms with E-state index in [9.17, 15) is 24.0 Å². The minimum atomic E-state index is -0.390. The van der Waals surface area contributed by atoms with Gasteiger partial charge in [0, 0.05) is 18.1 Å². The summed E-state index contributed by atoms with van der Waals surface area (Å²) in [6.07, 6.45) is 18.7. The highest BCUT2D eigenvalue weighted by atomic mass is 16.5.